The van der Waals surface area contributed by atoms with Crippen molar-refractivity contribution in [1.82, 2.24) is 0 Å². The molecular formula is C16H12ClNO2. The Kier molecular flexibility index (Phi) is 3.20. The van der Waals surface area contributed by atoms with Crippen molar-refractivity contribution in [2.45, 2.75) is 0 Å². The van der Waals surface area contributed by atoms with Crippen molar-refractivity contribution in [2.24, 2.45) is 0 Å². The molecule has 3 rings (SSSR count). The Bertz CT molecular complexity index is 722. The highest BCUT2D eigenvalue weighted by molar-refractivity contribution is 6.36. The predicted molar refractivity (Wildman–Crippen MR) is 80.9 cm³/mol. The maximum atomic E-state index is 12.0. The van der Waals surface area contributed by atoms with Crippen molar-refractivity contribution in [2.75, 3.05) is 12.4 Å². The molecule has 1 aliphatic rings. The van der Waals surface area contributed by atoms with Crippen LogP contribution in [0.25, 0.3) is 11.6 Å². The monoisotopic (exact) mass is 285 g/mol. The van der Waals surface area contributed by atoms with Crippen molar-refractivity contribution >= 4 is 34.8 Å². The van der Waals surface area contributed by atoms with E-state index in [9.17, 15) is 4.79 Å². The van der Waals surface area contributed by atoms with Crippen LogP contribution in [0.5, 0.6) is 5.75 Å². The largest absolute Gasteiger partial charge is 0.497 e. The smallest absolute Gasteiger partial charge is 0.256 e. The van der Waals surface area contributed by atoms with Gasteiger partial charge in [0.1, 0.15) is 5.75 Å². The zero-order valence-electron chi connectivity index (χ0n) is 10.8. The number of rotatable bonds is 2. The van der Waals surface area contributed by atoms with Gasteiger partial charge in [-0.05, 0) is 42.0 Å². The number of amides is 1. The molecule has 0 saturated heterocycles. The number of fused-ring (bicyclic) bond motifs is 1. The summed E-state index contributed by atoms with van der Waals surface area (Å²) in [4.78, 5) is 12.0. The fourth-order valence-corrected chi connectivity index (χ4v) is 2.37. The highest BCUT2D eigenvalue weighted by atomic mass is 35.5. The van der Waals surface area contributed by atoms with Gasteiger partial charge < -0.3 is 10.1 Å². The van der Waals surface area contributed by atoms with Gasteiger partial charge in [-0.2, -0.15) is 0 Å². The van der Waals surface area contributed by atoms with Crippen molar-refractivity contribution in [3.8, 4) is 5.75 Å². The van der Waals surface area contributed by atoms with Crippen LogP contribution in [0, 0.1) is 0 Å². The number of nitrogens with one attached hydrogen (secondary N) is 1. The second-order valence-electron chi connectivity index (χ2n) is 4.48. The Hall–Kier alpha value is -2.26. The molecule has 0 bridgehead atoms. The molecule has 2 aromatic carbocycles. The molecule has 0 fully saturated rings. The van der Waals surface area contributed by atoms with Crippen LogP contribution in [0.2, 0.25) is 5.02 Å². The summed E-state index contributed by atoms with van der Waals surface area (Å²) in [6.45, 7) is 0. The summed E-state index contributed by atoms with van der Waals surface area (Å²) in [6.07, 6.45) is 1.83. The van der Waals surface area contributed by atoms with Crippen LogP contribution < -0.4 is 10.1 Å². The van der Waals surface area contributed by atoms with Gasteiger partial charge in [-0.1, -0.05) is 23.7 Å². The number of hydrogen-bond acceptors (Lipinski definition) is 2. The summed E-state index contributed by atoms with van der Waals surface area (Å²) in [5.74, 6) is 0.633. The lowest BCUT2D eigenvalue weighted by Gasteiger charge is -2.02. The SMILES string of the molecule is COc1cccc(/C=C2/C(=O)Nc3ccc(Cl)cc32)c1. The Morgan fingerprint density at radius 1 is 1.20 bits per heavy atom. The number of halogens is 1. The lowest BCUT2D eigenvalue weighted by atomic mass is 10.0. The lowest BCUT2D eigenvalue weighted by molar-refractivity contribution is -0.110. The van der Waals surface area contributed by atoms with E-state index in [-0.39, 0.29) is 5.91 Å². The van der Waals surface area contributed by atoms with E-state index in [1.165, 1.54) is 0 Å². The van der Waals surface area contributed by atoms with E-state index < -0.39 is 0 Å². The molecule has 1 heterocycles. The van der Waals surface area contributed by atoms with Gasteiger partial charge in [0.15, 0.2) is 0 Å². The third-order valence-corrected chi connectivity index (χ3v) is 3.40. The van der Waals surface area contributed by atoms with Crippen molar-refractivity contribution in [3.63, 3.8) is 0 Å². The quantitative estimate of drug-likeness (QED) is 0.851. The second kappa shape index (κ2) is 5.02. The number of hydrogen-bond donors (Lipinski definition) is 1. The molecule has 1 N–H and O–H groups in total. The number of benzene rings is 2. The first-order chi connectivity index (χ1) is 9.67. The molecule has 2 aromatic rings. The molecule has 1 amide bonds. The highest BCUT2D eigenvalue weighted by Gasteiger charge is 2.24. The van der Waals surface area contributed by atoms with E-state index in [4.69, 9.17) is 16.3 Å². The summed E-state index contributed by atoms with van der Waals surface area (Å²) in [5, 5.41) is 3.43. The summed E-state index contributed by atoms with van der Waals surface area (Å²) >= 11 is 6.00. The van der Waals surface area contributed by atoms with Crippen molar-refractivity contribution < 1.29 is 9.53 Å². The number of carbonyl (C=O) groups is 1. The Morgan fingerprint density at radius 3 is 2.85 bits per heavy atom. The van der Waals surface area contributed by atoms with Crippen LogP contribution in [0.4, 0.5) is 5.69 Å². The van der Waals surface area contributed by atoms with Crippen molar-refractivity contribution in [1.29, 1.82) is 0 Å². The fourth-order valence-electron chi connectivity index (χ4n) is 2.20. The summed E-state index contributed by atoms with van der Waals surface area (Å²) in [5.41, 5.74) is 3.12. The van der Waals surface area contributed by atoms with E-state index in [1.807, 2.05) is 36.4 Å². The molecule has 0 aliphatic carbocycles. The summed E-state index contributed by atoms with van der Waals surface area (Å²) in [7, 11) is 1.61. The van der Waals surface area contributed by atoms with Crippen LogP contribution in [0.15, 0.2) is 42.5 Å². The molecule has 0 aromatic heterocycles. The van der Waals surface area contributed by atoms with E-state index in [1.54, 1.807) is 19.2 Å². The average molecular weight is 286 g/mol. The Balaban J connectivity index is 2.08. The number of methoxy groups -OCH3 is 1. The summed E-state index contributed by atoms with van der Waals surface area (Å²) < 4.78 is 5.18. The van der Waals surface area contributed by atoms with E-state index in [2.05, 4.69) is 5.32 Å². The third-order valence-electron chi connectivity index (χ3n) is 3.17. The van der Waals surface area contributed by atoms with Gasteiger partial charge in [0.25, 0.3) is 5.91 Å². The molecule has 4 heteroatoms. The molecule has 100 valence electrons. The lowest BCUT2D eigenvalue weighted by Crippen LogP contribution is -2.03. The zero-order chi connectivity index (χ0) is 14.1. The highest BCUT2D eigenvalue weighted by Crippen LogP contribution is 2.35. The molecule has 20 heavy (non-hydrogen) atoms. The second-order valence-corrected chi connectivity index (χ2v) is 4.92. The van der Waals surface area contributed by atoms with Crippen LogP contribution in [-0.2, 0) is 4.79 Å². The normalized spacial score (nSPS) is 15.1. The maximum Gasteiger partial charge on any atom is 0.256 e. The first-order valence-corrected chi connectivity index (χ1v) is 6.52. The topological polar surface area (TPSA) is 38.3 Å². The third kappa shape index (κ3) is 2.28. The zero-order valence-corrected chi connectivity index (χ0v) is 11.6. The molecule has 0 unspecified atom stereocenters. The molecule has 0 radical (unpaired) electrons. The van der Waals surface area contributed by atoms with Gasteiger partial charge in [-0.3, -0.25) is 4.79 Å². The number of anilines is 1. The predicted octanol–water partition coefficient (Wildman–Crippen LogP) is 3.84. The number of ether oxygens (including phenoxy) is 1. The van der Waals surface area contributed by atoms with Gasteiger partial charge in [0.2, 0.25) is 0 Å². The van der Waals surface area contributed by atoms with Gasteiger partial charge in [-0.25, -0.2) is 0 Å². The maximum absolute atomic E-state index is 12.0. The molecule has 3 nitrogen and oxygen atoms in total. The molecular weight excluding hydrogens is 274 g/mol. The number of carbonyl (C=O) groups excluding carboxylic acids is 1. The molecule has 0 spiro atoms. The van der Waals surface area contributed by atoms with Gasteiger partial charge in [-0.15, -0.1) is 0 Å². The first kappa shape index (κ1) is 12.8. The van der Waals surface area contributed by atoms with Crippen LogP contribution in [-0.4, -0.2) is 13.0 Å². The minimum atomic E-state index is -0.120. The minimum Gasteiger partial charge on any atom is -0.497 e. The van der Waals surface area contributed by atoms with E-state index >= 15 is 0 Å². The van der Waals surface area contributed by atoms with Gasteiger partial charge >= 0.3 is 0 Å². The average Bonchev–Trinajstić information content (AvgIpc) is 2.75. The van der Waals surface area contributed by atoms with Gasteiger partial charge in [0, 0.05) is 21.8 Å². The van der Waals surface area contributed by atoms with Crippen LogP contribution in [0.3, 0.4) is 0 Å². The van der Waals surface area contributed by atoms with Crippen LogP contribution >= 0.6 is 11.6 Å². The fraction of sp³-hybridized carbons (Fsp3) is 0.0625. The Labute approximate surface area is 121 Å². The standard InChI is InChI=1S/C16H12ClNO2/c1-20-12-4-2-3-10(7-12)8-14-13-9-11(17)5-6-15(13)18-16(14)19/h2-9H,1H3,(H,18,19)/b14-8+. The van der Waals surface area contributed by atoms with Gasteiger partial charge in [0.05, 0.1) is 7.11 Å². The van der Waals surface area contributed by atoms with E-state index in [0.717, 1.165) is 22.6 Å². The van der Waals surface area contributed by atoms with Crippen LogP contribution in [0.1, 0.15) is 11.1 Å². The molecule has 1 aliphatic heterocycles. The van der Waals surface area contributed by atoms with Crippen molar-refractivity contribution in [3.05, 3.63) is 58.6 Å². The molecule has 0 atom stereocenters. The first-order valence-electron chi connectivity index (χ1n) is 6.14. The minimum absolute atomic E-state index is 0.120. The van der Waals surface area contributed by atoms with E-state index in [0.29, 0.717) is 10.6 Å². The summed E-state index contributed by atoms with van der Waals surface area (Å²) in [6, 6.07) is 12.9. The molecule has 0 saturated carbocycles. The Morgan fingerprint density at radius 2 is 2.05 bits per heavy atom.